The Morgan fingerprint density at radius 2 is 1.75 bits per heavy atom. The molecule has 1 aromatic heterocycles. The zero-order valence-corrected chi connectivity index (χ0v) is 7.78. The molecule has 0 aromatic carbocycles. The van der Waals surface area contributed by atoms with Crippen LogP contribution in [0.1, 0.15) is 37.2 Å². The predicted molar refractivity (Wildman–Crippen MR) is 44.4 cm³/mol. The first-order chi connectivity index (χ1) is 5.63. The number of H-pyrrole nitrogens is 1. The summed E-state index contributed by atoms with van der Waals surface area (Å²) < 4.78 is 23.9. The Morgan fingerprint density at radius 1 is 1.25 bits per heavy atom. The molecule has 0 radical (unpaired) electrons. The normalized spacial score (nSPS) is 9.58. The monoisotopic (exact) mass is 176 g/mol. The number of aromatic nitrogens is 2. The lowest BCUT2D eigenvalue weighted by Gasteiger charge is -1.92. The van der Waals surface area contributed by atoms with Gasteiger partial charge in [0.2, 0.25) is 0 Å². The lowest BCUT2D eigenvalue weighted by atomic mass is 10.2. The fourth-order valence-electron chi connectivity index (χ4n) is 0.716. The molecule has 0 aliphatic heterocycles. The number of nitrogens with one attached hydrogen (secondary N) is 1. The second-order valence-electron chi connectivity index (χ2n) is 2.16. The minimum Gasteiger partial charge on any atom is -0.282 e. The van der Waals surface area contributed by atoms with Crippen molar-refractivity contribution in [2.75, 3.05) is 0 Å². The Kier molecular flexibility index (Phi) is 4.47. The Balaban J connectivity index is 0.000000561. The van der Waals surface area contributed by atoms with Crippen LogP contribution in [0.25, 0.3) is 0 Å². The Labute approximate surface area is 71.0 Å². The van der Waals surface area contributed by atoms with Crippen molar-refractivity contribution in [1.82, 2.24) is 10.2 Å². The average Bonchev–Trinajstić information content (AvgIpc) is 2.37. The molecule has 0 bridgehead atoms. The Morgan fingerprint density at radius 3 is 1.92 bits per heavy atom. The number of halogens is 2. The van der Waals surface area contributed by atoms with Crippen LogP contribution in [-0.2, 0) is 0 Å². The minimum absolute atomic E-state index is 0.141. The van der Waals surface area contributed by atoms with Crippen LogP contribution in [0.3, 0.4) is 0 Å². The molecule has 12 heavy (non-hydrogen) atoms. The fraction of sp³-hybridized carbons (Fsp3) is 0.625. The molecule has 0 aliphatic rings. The molecule has 1 N–H and O–H groups in total. The van der Waals surface area contributed by atoms with Gasteiger partial charge in [-0.05, 0) is 19.4 Å². The van der Waals surface area contributed by atoms with Crippen LogP contribution in [0.15, 0.2) is 0 Å². The SMILES string of the molecule is CC.Cc1[nH]nc(C(F)F)c1C. The first-order valence-corrected chi connectivity index (χ1v) is 3.92. The van der Waals surface area contributed by atoms with Gasteiger partial charge in [0.1, 0.15) is 5.69 Å². The highest BCUT2D eigenvalue weighted by molar-refractivity contribution is 5.22. The van der Waals surface area contributed by atoms with E-state index in [1.54, 1.807) is 13.8 Å². The lowest BCUT2D eigenvalue weighted by molar-refractivity contribution is 0.145. The van der Waals surface area contributed by atoms with Crippen LogP contribution in [0, 0.1) is 13.8 Å². The first-order valence-electron chi connectivity index (χ1n) is 3.92. The number of hydrogen-bond acceptors (Lipinski definition) is 1. The van der Waals surface area contributed by atoms with E-state index in [1.165, 1.54) is 0 Å². The van der Waals surface area contributed by atoms with E-state index in [2.05, 4.69) is 10.2 Å². The van der Waals surface area contributed by atoms with E-state index in [-0.39, 0.29) is 5.69 Å². The quantitative estimate of drug-likeness (QED) is 0.700. The summed E-state index contributed by atoms with van der Waals surface area (Å²) in [6.07, 6.45) is -2.47. The van der Waals surface area contributed by atoms with Gasteiger partial charge in [-0.1, -0.05) is 13.8 Å². The van der Waals surface area contributed by atoms with Gasteiger partial charge in [0.05, 0.1) is 0 Å². The van der Waals surface area contributed by atoms with Gasteiger partial charge >= 0.3 is 0 Å². The van der Waals surface area contributed by atoms with E-state index in [0.717, 1.165) is 0 Å². The number of alkyl halides is 2. The van der Waals surface area contributed by atoms with Gasteiger partial charge in [-0.3, -0.25) is 5.10 Å². The van der Waals surface area contributed by atoms with Crippen LogP contribution in [0.2, 0.25) is 0 Å². The molecule has 0 fully saturated rings. The van der Waals surface area contributed by atoms with Gasteiger partial charge in [0.25, 0.3) is 6.43 Å². The Bertz CT molecular complexity index is 231. The highest BCUT2D eigenvalue weighted by atomic mass is 19.3. The summed E-state index contributed by atoms with van der Waals surface area (Å²) in [7, 11) is 0. The second kappa shape index (κ2) is 4.85. The molecule has 0 saturated heterocycles. The van der Waals surface area contributed by atoms with Crippen molar-refractivity contribution in [3.63, 3.8) is 0 Å². The number of hydrogen-bond donors (Lipinski definition) is 1. The van der Waals surface area contributed by atoms with Crippen LogP contribution in [-0.4, -0.2) is 10.2 Å². The van der Waals surface area contributed by atoms with Crippen molar-refractivity contribution in [3.05, 3.63) is 17.0 Å². The molecule has 0 spiro atoms. The third-order valence-electron chi connectivity index (χ3n) is 1.50. The van der Waals surface area contributed by atoms with Crippen molar-refractivity contribution < 1.29 is 8.78 Å². The molecule has 0 atom stereocenters. The zero-order valence-electron chi connectivity index (χ0n) is 7.78. The van der Waals surface area contributed by atoms with Gasteiger partial charge in [-0.25, -0.2) is 8.78 Å². The number of rotatable bonds is 1. The summed E-state index contributed by atoms with van der Waals surface area (Å²) in [5.74, 6) is 0. The molecule has 1 aromatic rings. The summed E-state index contributed by atoms with van der Waals surface area (Å²) in [5, 5.41) is 5.93. The lowest BCUT2D eigenvalue weighted by Crippen LogP contribution is -1.86. The molecular weight excluding hydrogens is 162 g/mol. The highest BCUT2D eigenvalue weighted by Gasteiger charge is 2.14. The van der Waals surface area contributed by atoms with Gasteiger partial charge < -0.3 is 0 Å². The van der Waals surface area contributed by atoms with E-state index in [1.807, 2.05) is 13.8 Å². The summed E-state index contributed by atoms with van der Waals surface area (Å²) in [5.41, 5.74) is 1.11. The standard InChI is InChI=1S/C6H8F2N2.C2H6/c1-3-4(2)9-10-5(3)6(7)8;1-2/h6H,1-2H3,(H,9,10);1-2H3. The maximum Gasteiger partial charge on any atom is 0.282 e. The molecule has 0 saturated carbocycles. The molecule has 0 unspecified atom stereocenters. The van der Waals surface area contributed by atoms with E-state index < -0.39 is 6.43 Å². The predicted octanol–water partition coefficient (Wildman–Crippen LogP) is 2.99. The van der Waals surface area contributed by atoms with Crippen molar-refractivity contribution in [2.45, 2.75) is 34.1 Å². The molecule has 1 heterocycles. The van der Waals surface area contributed by atoms with Crippen molar-refractivity contribution in [1.29, 1.82) is 0 Å². The maximum absolute atomic E-state index is 12.0. The van der Waals surface area contributed by atoms with Crippen LogP contribution in [0.5, 0.6) is 0 Å². The molecular formula is C8H14F2N2. The first kappa shape index (κ1) is 11.1. The highest BCUT2D eigenvalue weighted by Crippen LogP contribution is 2.20. The van der Waals surface area contributed by atoms with E-state index in [4.69, 9.17) is 0 Å². The molecule has 70 valence electrons. The largest absolute Gasteiger partial charge is 0.282 e. The molecule has 4 heteroatoms. The van der Waals surface area contributed by atoms with Crippen molar-refractivity contribution >= 4 is 0 Å². The van der Waals surface area contributed by atoms with Gasteiger partial charge in [0.15, 0.2) is 0 Å². The smallest absolute Gasteiger partial charge is 0.282 e. The van der Waals surface area contributed by atoms with Crippen molar-refractivity contribution in [2.24, 2.45) is 0 Å². The summed E-state index contributed by atoms with van der Waals surface area (Å²) >= 11 is 0. The van der Waals surface area contributed by atoms with Gasteiger partial charge in [-0.2, -0.15) is 5.10 Å². The van der Waals surface area contributed by atoms with Gasteiger partial charge in [-0.15, -0.1) is 0 Å². The second-order valence-corrected chi connectivity index (χ2v) is 2.16. The minimum atomic E-state index is -2.47. The molecule has 1 rings (SSSR count). The van der Waals surface area contributed by atoms with Crippen LogP contribution in [0.4, 0.5) is 8.78 Å². The summed E-state index contributed by atoms with van der Waals surface area (Å²) in [6, 6.07) is 0. The van der Waals surface area contributed by atoms with Crippen LogP contribution >= 0.6 is 0 Å². The summed E-state index contributed by atoms with van der Waals surface area (Å²) in [6.45, 7) is 7.34. The van der Waals surface area contributed by atoms with Gasteiger partial charge in [0, 0.05) is 5.69 Å². The molecule has 0 aliphatic carbocycles. The summed E-state index contributed by atoms with van der Waals surface area (Å²) in [4.78, 5) is 0. The number of aryl methyl sites for hydroxylation is 1. The van der Waals surface area contributed by atoms with E-state index in [0.29, 0.717) is 11.3 Å². The Hall–Kier alpha value is -0.930. The topological polar surface area (TPSA) is 28.7 Å². The molecule has 0 amide bonds. The van der Waals surface area contributed by atoms with Crippen molar-refractivity contribution in [3.8, 4) is 0 Å². The molecule has 2 nitrogen and oxygen atoms in total. The third-order valence-corrected chi connectivity index (χ3v) is 1.50. The zero-order chi connectivity index (χ0) is 9.72. The average molecular weight is 176 g/mol. The third kappa shape index (κ3) is 2.29. The van der Waals surface area contributed by atoms with E-state index in [9.17, 15) is 8.78 Å². The maximum atomic E-state index is 12.0. The van der Waals surface area contributed by atoms with E-state index >= 15 is 0 Å². The van der Waals surface area contributed by atoms with Crippen LogP contribution < -0.4 is 0 Å². The number of aromatic amines is 1. The number of nitrogens with zero attached hydrogens (tertiary/aromatic N) is 1. The fourth-order valence-corrected chi connectivity index (χ4v) is 0.716.